The Morgan fingerprint density at radius 1 is 1.14 bits per heavy atom. The third-order valence-electron chi connectivity index (χ3n) is 3.81. The largest absolute Gasteiger partial charge is 0.361 e. The van der Waals surface area contributed by atoms with Gasteiger partial charge in [0.15, 0.2) is 0 Å². The third-order valence-corrected chi connectivity index (χ3v) is 5.12. The van der Waals surface area contributed by atoms with E-state index in [1.807, 2.05) is 24.4 Å². The van der Waals surface area contributed by atoms with Crippen LogP contribution in [-0.2, 0) is 10.0 Å². The molecule has 2 aromatic rings. The van der Waals surface area contributed by atoms with Crippen molar-refractivity contribution in [1.29, 1.82) is 0 Å². The Morgan fingerprint density at radius 2 is 1.86 bits per heavy atom. The third kappa shape index (κ3) is 2.66. The van der Waals surface area contributed by atoms with E-state index in [1.165, 1.54) is 10.6 Å². The standard InChI is InChI=1S/C14H17N3O3S/c1-21(19,20)17-9-7-16(8-10-17)14(18)12-4-2-3-11-5-6-15-13(11)12/h2-6,15H,7-10H2,1H3. The van der Waals surface area contributed by atoms with Crippen molar-refractivity contribution in [2.45, 2.75) is 0 Å². The minimum Gasteiger partial charge on any atom is -0.361 e. The Balaban J connectivity index is 1.80. The molecule has 0 saturated carbocycles. The van der Waals surface area contributed by atoms with E-state index in [1.54, 1.807) is 11.0 Å². The first-order valence-corrected chi connectivity index (χ1v) is 8.62. The number of carbonyl (C=O) groups is 1. The molecule has 21 heavy (non-hydrogen) atoms. The van der Waals surface area contributed by atoms with Crippen LogP contribution in [0.15, 0.2) is 30.5 Å². The smallest absolute Gasteiger partial charge is 0.256 e. The molecule has 1 aliphatic heterocycles. The molecule has 1 N–H and O–H groups in total. The molecular weight excluding hydrogens is 290 g/mol. The van der Waals surface area contributed by atoms with Crippen molar-refractivity contribution in [2.24, 2.45) is 0 Å². The van der Waals surface area contributed by atoms with Gasteiger partial charge in [-0.3, -0.25) is 4.79 Å². The average molecular weight is 307 g/mol. The Morgan fingerprint density at radius 3 is 2.52 bits per heavy atom. The van der Waals surface area contributed by atoms with Gasteiger partial charge in [0.25, 0.3) is 5.91 Å². The number of aromatic nitrogens is 1. The summed E-state index contributed by atoms with van der Waals surface area (Å²) in [6.45, 7) is 1.54. The van der Waals surface area contributed by atoms with Gasteiger partial charge in [0.1, 0.15) is 0 Å². The summed E-state index contributed by atoms with van der Waals surface area (Å²) in [7, 11) is -3.18. The van der Waals surface area contributed by atoms with Crippen LogP contribution in [0.3, 0.4) is 0 Å². The number of hydrogen-bond donors (Lipinski definition) is 1. The van der Waals surface area contributed by atoms with E-state index in [0.29, 0.717) is 31.7 Å². The lowest BCUT2D eigenvalue weighted by atomic mass is 10.1. The molecule has 0 bridgehead atoms. The molecule has 1 aliphatic rings. The molecule has 3 rings (SSSR count). The summed E-state index contributed by atoms with van der Waals surface area (Å²) < 4.78 is 24.4. The molecule has 1 saturated heterocycles. The second-order valence-corrected chi connectivity index (χ2v) is 7.18. The molecule has 0 atom stereocenters. The number of benzene rings is 1. The number of piperazine rings is 1. The van der Waals surface area contributed by atoms with Crippen molar-refractivity contribution >= 4 is 26.8 Å². The highest BCUT2D eigenvalue weighted by atomic mass is 32.2. The molecule has 112 valence electrons. The topological polar surface area (TPSA) is 73.5 Å². The summed E-state index contributed by atoms with van der Waals surface area (Å²) in [5.74, 6) is -0.0591. The quantitative estimate of drug-likeness (QED) is 0.895. The van der Waals surface area contributed by atoms with Gasteiger partial charge in [0.2, 0.25) is 10.0 Å². The maximum atomic E-state index is 12.6. The van der Waals surface area contributed by atoms with Crippen LogP contribution in [-0.4, -0.2) is 60.9 Å². The Labute approximate surface area is 123 Å². The van der Waals surface area contributed by atoms with Gasteiger partial charge in [-0.15, -0.1) is 0 Å². The molecule has 0 spiro atoms. The fourth-order valence-electron chi connectivity index (χ4n) is 2.66. The van der Waals surface area contributed by atoms with Crippen molar-refractivity contribution in [3.8, 4) is 0 Å². The number of aromatic amines is 1. The molecule has 0 unspecified atom stereocenters. The normalized spacial score (nSPS) is 17.3. The fraction of sp³-hybridized carbons (Fsp3) is 0.357. The monoisotopic (exact) mass is 307 g/mol. The highest BCUT2D eigenvalue weighted by Gasteiger charge is 2.27. The van der Waals surface area contributed by atoms with Crippen LogP contribution < -0.4 is 0 Å². The summed E-state index contributed by atoms with van der Waals surface area (Å²) in [5, 5.41) is 0.996. The summed E-state index contributed by atoms with van der Waals surface area (Å²) in [6.07, 6.45) is 3.01. The molecule has 1 aromatic carbocycles. The van der Waals surface area contributed by atoms with Crippen molar-refractivity contribution in [1.82, 2.24) is 14.2 Å². The minimum absolute atomic E-state index is 0.0591. The number of rotatable bonds is 2. The van der Waals surface area contributed by atoms with Crippen molar-refractivity contribution in [3.63, 3.8) is 0 Å². The number of hydrogen-bond acceptors (Lipinski definition) is 3. The molecule has 0 radical (unpaired) electrons. The maximum Gasteiger partial charge on any atom is 0.256 e. The highest BCUT2D eigenvalue weighted by Crippen LogP contribution is 2.19. The van der Waals surface area contributed by atoms with E-state index in [4.69, 9.17) is 0 Å². The maximum absolute atomic E-state index is 12.6. The van der Waals surface area contributed by atoms with Crippen molar-refractivity contribution in [3.05, 3.63) is 36.0 Å². The summed E-state index contributed by atoms with van der Waals surface area (Å²) in [6, 6.07) is 7.53. The molecule has 1 amide bonds. The van der Waals surface area contributed by atoms with E-state index in [0.717, 1.165) is 10.9 Å². The zero-order valence-corrected chi connectivity index (χ0v) is 12.6. The number of fused-ring (bicyclic) bond motifs is 1. The Kier molecular flexibility index (Phi) is 3.46. The van der Waals surface area contributed by atoms with Crippen molar-refractivity contribution < 1.29 is 13.2 Å². The van der Waals surface area contributed by atoms with Crippen molar-refractivity contribution in [2.75, 3.05) is 32.4 Å². The lowest BCUT2D eigenvalue weighted by Gasteiger charge is -2.33. The Hall–Kier alpha value is -1.86. The first-order chi connectivity index (χ1) is 9.97. The van der Waals surface area contributed by atoms with Gasteiger partial charge in [0, 0.05) is 37.8 Å². The van der Waals surface area contributed by atoms with Gasteiger partial charge < -0.3 is 9.88 Å². The zero-order chi connectivity index (χ0) is 15.0. The van der Waals surface area contributed by atoms with Crippen LogP contribution in [0.25, 0.3) is 10.9 Å². The predicted octanol–water partition coefficient (Wildman–Crippen LogP) is 0.885. The molecule has 6 nitrogen and oxygen atoms in total. The lowest BCUT2D eigenvalue weighted by Crippen LogP contribution is -2.50. The molecule has 7 heteroatoms. The molecule has 0 aliphatic carbocycles. The van der Waals surface area contributed by atoms with Gasteiger partial charge in [-0.25, -0.2) is 8.42 Å². The average Bonchev–Trinajstić information content (AvgIpc) is 2.94. The van der Waals surface area contributed by atoms with Gasteiger partial charge in [-0.1, -0.05) is 12.1 Å². The number of nitrogens with zero attached hydrogens (tertiary/aromatic N) is 2. The zero-order valence-electron chi connectivity index (χ0n) is 11.7. The summed E-state index contributed by atoms with van der Waals surface area (Å²) >= 11 is 0. The number of nitrogens with one attached hydrogen (secondary N) is 1. The van der Waals surface area contributed by atoms with Crippen LogP contribution in [0, 0.1) is 0 Å². The number of carbonyl (C=O) groups excluding carboxylic acids is 1. The summed E-state index contributed by atoms with van der Waals surface area (Å²) in [4.78, 5) is 17.4. The molecular formula is C14H17N3O3S. The fourth-order valence-corrected chi connectivity index (χ4v) is 3.48. The van der Waals surface area contributed by atoms with Gasteiger partial charge in [-0.05, 0) is 12.1 Å². The minimum atomic E-state index is -3.18. The number of para-hydroxylation sites is 1. The van der Waals surface area contributed by atoms with E-state index < -0.39 is 10.0 Å². The second-order valence-electron chi connectivity index (χ2n) is 5.20. The second kappa shape index (κ2) is 5.16. The molecule has 2 heterocycles. The lowest BCUT2D eigenvalue weighted by molar-refractivity contribution is 0.0700. The van der Waals surface area contributed by atoms with Crippen LogP contribution >= 0.6 is 0 Å². The first-order valence-electron chi connectivity index (χ1n) is 6.77. The van der Waals surface area contributed by atoms with Crippen LogP contribution in [0.5, 0.6) is 0 Å². The molecule has 1 fully saturated rings. The van der Waals surface area contributed by atoms with Gasteiger partial charge >= 0.3 is 0 Å². The van der Waals surface area contributed by atoms with Gasteiger partial charge in [-0.2, -0.15) is 4.31 Å². The molecule has 1 aromatic heterocycles. The predicted molar refractivity (Wildman–Crippen MR) is 80.6 cm³/mol. The van der Waals surface area contributed by atoms with E-state index >= 15 is 0 Å². The number of amides is 1. The van der Waals surface area contributed by atoms with E-state index in [9.17, 15) is 13.2 Å². The number of H-pyrrole nitrogens is 1. The van der Waals surface area contributed by atoms with Crippen LogP contribution in [0.1, 0.15) is 10.4 Å². The summed E-state index contributed by atoms with van der Waals surface area (Å²) in [5.41, 5.74) is 1.46. The van der Waals surface area contributed by atoms with E-state index in [-0.39, 0.29) is 5.91 Å². The number of sulfonamides is 1. The highest BCUT2D eigenvalue weighted by molar-refractivity contribution is 7.88. The van der Waals surface area contributed by atoms with Gasteiger partial charge in [0.05, 0.1) is 17.3 Å². The first kappa shape index (κ1) is 14.1. The SMILES string of the molecule is CS(=O)(=O)N1CCN(C(=O)c2cccc3cc[nH]c23)CC1. The van der Waals surface area contributed by atoms with Crippen LogP contribution in [0.2, 0.25) is 0 Å². The Bertz CT molecular complexity index is 774. The van der Waals surface area contributed by atoms with E-state index in [2.05, 4.69) is 4.98 Å². The van der Waals surface area contributed by atoms with Crippen LogP contribution in [0.4, 0.5) is 0 Å².